The molecule has 0 atom stereocenters. The van der Waals surface area contributed by atoms with Crippen molar-refractivity contribution in [3.63, 3.8) is 0 Å². The summed E-state index contributed by atoms with van der Waals surface area (Å²) in [5, 5.41) is 5.79. The van der Waals surface area contributed by atoms with Crippen LogP contribution in [0, 0.1) is 0 Å². The van der Waals surface area contributed by atoms with Gasteiger partial charge in [-0.3, -0.25) is 4.79 Å². The molecule has 126 valence electrons. The minimum atomic E-state index is -0.0302. The molecular weight excluding hydrogens is 336 g/mol. The van der Waals surface area contributed by atoms with E-state index in [2.05, 4.69) is 5.32 Å². The molecule has 5 nitrogen and oxygen atoms in total. The highest BCUT2D eigenvalue weighted by atomic mass is 32.1. The summed E-state index contributed by atoms with van der Waals surface area (Å²) in [5.41, 5.74) is 4.05. The lowest BCUT2D eigenvalue weighted by molar-refractivity contribution is -0.119. The minimum Gasteiger partial charge on any atom is -0.454 e. The predicted octanol–water partition coefficient (Wildman–Crippen LogP) is 3.84. The Balaban J connectivity index is 1.54. The fourth-order valence-electron chi connectivity index (χ4n) is 2.59. The van der Waals surface area contributed by atoms with Gasteiger partial charge in [-0.25, -0.2) is 4.98 Å². The van der Waals surface area contributed by atoms with Crippen molar-refractivity contribution in [2.75, 3.05) is 6.79 Å². The summed E-state index contributed by atoms with van der Waals surface area (Å²) in [6.07, 6.45) is 0. The first-order valence-corrected chi connectivity index (χ1v) is 8.76. The highest BCUT2D eigenvalue weighted by Crippen LogP contribution is 2.37. The second-order valence-electron chi connectivity index (χ2n) is 5.71. The Kier molecular flexibility index (Phi) is 4.11. The number of benzene rings is 2. The Morgan fingerprint density at radius 1 is 1.12 bits per heavy atom. The van der Waals surface area contributed by atoms with E-state index in [0.29, 0.717) is 6.54 Å². The molecule has 0 bridgehead atoms. The smallest absolute Gasteiger partial charge is 0.231 e. The summed E-state index contributed by atoms with van der Waals surface area (Å²) < 4.78 is 10.8. The zero-order valence-corrected chi connectivity index (χ0v) is 14.4. The Hall–Kier alpha value is -2.86. The third-order valence-corrected chi connectivity index (χ3v) is 4.81. The van der Waals surface area contributed by atoms with E-state index >= 15 is 0 Å². The average Bonchev–Trinajstić information content (AvgIpc) is 3.29. The van der Waals surface area contributed by atoms with Crippen LogP contribution in [-0.4, -0.2) is 17.7 Å². The highest BCUT2D eigenvalue weighted by Gasteiger charge is 2.15. The second kappa shape index (κ2) is 6.57. The molecule has 0 saturated heterocycles. The van der Waals surface area contributed by atoms with E-state index in [4.69, 9.17) is 14.5 Å². The van der Waals surface area contributed by atoms with Crippen LogP contribution in [-0.2, 0) is 11.3 Å². The molecule has 1 N–H and O–H groups in total. The third kappa shape index (κ3) is 3.34. The molecule has 2 heterocycles. The number of carbonyl (C=O) groups is 1. The maximum atomic E-state index is 11.0. The number of ether oxygens (including phenoxy) is 2. The quantitative estimate of drug-likeness (QED) is 0.775. The van der Waals surface area contributed by atoms with E-state index in [0.717, 1.165) is 38.9 Å². The van der Waals surface area contributed by atoms with Crippen LogP contribution in [0.15, 0.2) is 47.8 Å². The lowest BCUT2D eigenvalue weighted by Gasteiger charge is -2.03. The van der Waals surface area contributed by atoms with Gasteiger partial charge in [0, 0.05) is 30.0 Å². The van der Waals surface area contributed by atoms with Crippen molar-refractivity contribution in [2.45, 2.75) is 13.5 Å². The van der Waals surface area contributed by atoms with E-state index in [-0.39, 0.29) is 12.7 Å². The summed E-state index contributed by atoms with van der Waals surface area (Å²) in [4.78, 5) is 15.7. The summed E-state index contributed by atoms with van der Waals surface area (Å²) in [6.45, 7) is 2.32. The van der Waals surface area contributed by atoms with E-state index in [9.17, 15) is 4.79 Å². The van der Waals surface area contributed by atoms with Gasteiger partial charge < -0.3 is 14.8 Å². The molecule has 1 aromatic heterocycles. The number of carbonyl (C=O) groups excluding carboxylic acids is 1. The summed E-state index contributed by atoms with van der Waals surface area (Å²) in [5.74, 6) is 1.50. The van der Waals surface area contributed by atoms with Gasteiger partial charge in [-0.05, 0) is 23.8 Å². The van der Waals surface area contributed by atoms with Gasteiger partial charge in [0.2, 0.25) is 12.7 Å². The fourth-order valence-corrected chi connectivity index (χ4v) is 3.42. The van der Waals surface area contributed by atoms with Crippen LogP contribution in [0.3, 0.4) is 0 Å². The number of aromatic nitrogens is 1. The fraction of sp³-hybridized carbons (Fsp3) is 0.158. The number of fused-ring (bicyclic) bond motifs is 1. The molecule has 25 heavy (non-hydrogen) atoms. The SMILES string of the molecule is CC(=O)NCc1ccc(-c2nc(-c3ccc4c(c3)OCO4)cs2)cc1. The number of rotatable bonds is 4. The lowest BCUT2D eigenvalue weighted by Crippen LogP contribution is -2.18. The molecule has 1 aliphatic heterocycles. The van der Waals surface area contributed by atoms with Gasteiger partial charge in [-0.1, -0.05) is 24.3 Å². The monoisotopic (exact) mass is 352 g/mol. The van der Waals surface area contributed by atoms with Crippen LogP contribution < -0.4 is 14.8 Å². The molecule has 0 unspecified atom stereocenters. The Morgan fingerprint density at radius 2 is 1.88 bits per heavy atom. The third-order valence-electron chi connectivity index (χ3n) is 3.91. The molecule has 0 radical (unpaired) electrons. The van der Waals surface area contributed by atoms with Crippen molar-refractivity contribution in [3.05, 3.63) is 53.4 Å². The van der Waals surface area contributed by atoms with Gasteiger partial charge in [0.25, 0.3) is 0 Å². The summed E-state index contributed by atoms with van der Waals surface area (Å²) in [7, 11) is 0. The normalized spacial score (nSPS) is 12.2. The van der Waals surface area contributed by atoms with Gasteiger partial charge in [-0.2, -0.15) is 0 Å². The number of nitrogens with one attached hydrogen (secondary N) is 1. The molecule has 1 amide bonds. The Bertz CT molecular complexity index is 919. The van der Waals surface area contributed by atoms with E-state index in [1.165, 1.54) is 6.92 Å². The number of thiazole rings is 1. The maximum absolute atomic E-state index is 11.0. The van der Waals surface area contributed by atoms with Crippen LogP contribution in [0.25, 0.3) is 21.8 Å². The number of hydrogen-bond acceptors (Lipinski definition) is 5. The number of hydrogen-bond donors (Lipinski definition) is 1. The topological polar surface area (TPSA) is 60.5 Å². The molecule has 0 aliphatic carbocycles. The summed E-state index contributed by atoms with van der Waals surface area (Å²) in [6, 6.07) is 13.9. The largest absolute Gasteiger partial charge is 0.454 e. The zero-order chi connectivity index (χ0) is 17.2. The maximum Gasteiger partial charge on any atom is 0.231 e. The number of nitrogens with zero attached hydrogens (tertiary/aromatic N) is 1. The van der Waals surface area contributed by atoms with Crippen LogP contribution >= 0.6 is 11.3 Å². The van der Waals surface area contributed by atoms with Crippen molar-refractivity contribution < 1.29 is 14.3 Å². The zero-order valence-electron chi connectivity index (χ0n) is 13.6. The standard InChI is InChI=1S/C19H16N2O3S/c1-12(22)20-9-13-2-4-14(5-3-13)19-21-16(10-25-19)15-6-7-17-18(8-15)24-11-23-17/h2-8,10H,9,11H2,1H3,(H,20,22). The van der Waals surface area contributed by atoms with Gasteiger partial charge in [-0.15, -0.1) is 11.3 Å². The molecule has 3 aromatic rings. The molecule has 0 fully saturated rings. The van der Waals surface area contributed by atoms with Crippen LogP contribution in [0.4, 0.5) is 0 Å². The highest BCUT2D eigenvalue weighted by molar-refractivity contribution is 7.13. The minimum absolute atomic E-state index is 0.0302. The van der Waals surface area contributed by atoms with Crippen molar-refractivity contribution in [3.8, 4) is 33.3 Å². The molecule has 4 rings (SSSR count). The summed E-state index contributed by atoms with van der Waals surface area (Å²) >= 11 is 1.60. The first-order chi connectivity index (χ1) is 12.2. The molecule has 6 heteroatoms. The van der Waals surface area contributed by atoms with Crippen molar-refractivity contribution in [1.82, 2.24) is 10.3 Å². The van der Waals surface area contributed by atoms with Crippen LogP contribution in [0.2, 0.25) is 0 Å². The van der Waals surface area contributed by atoms with Crippen molar-refractivity contribution in [1.29, 1.82) is 0 Å². The number of amides is 1. The Morgan fingerprint density at radius 3 is 2.68 bits per heavy atom. The first kappa shape index (κ1) is 15.7. The van der Waals surface area contributed by atoms with E-state index < -0.39 is 0 Å². The van der Waals surface area contributed by atoms with Gasteiger partial charge in [0.05, 0.1) is 5.69 Å². The van der Waals surface area contributed by atoms with Crippen molar-refractivity contribution in [2.24, 2.45) is 0 Å². The van der Waals surface area contributed by atoms with Gasteiger partial charge in [0.15, 0.2) is 11.5 Å². The van der Waals surface area contributed by atoms with Crippen LogP contribution in [0.5, 0.6) is 11.5 Å². The molecule has 2 aromatic carbocycles. The molecule has 0 spiro atoms. The second-order valence-corrected chi connectivity index (χ2v) is 6.57. The lowest BCUT2D eigenvalue weighted by atomic mass is 10.1. The average molecular weight is 352 g/mol. The molecule has 0 saturated carbocycles. The van der Waals surface area contributed by atoms with Gasteiger partial charge >= 0.3 is 0 Å². The Labute approximate surface area is 149 Å². The van der Waals surface area contributed by atoms with E-state index in [1.54, 1.807) is 11.3 Å². The van der Waals surface area contributed by atoms with Crippen molar-refractivity contribution >= 4 is 17.2 Å². The van der Waals surface area contributed by atoms with E-state index in [1.807, 2.05) is 47.8 Å². The molecule has 1 aliphatic rings. The van der Waals surface area contributed by atoms with Crippen LogP contribution in [0.1, 0.15) is 12.5 Å². The van der Waals surface area contributed by atoms with Gasteiger partial charge in [0.1, 0.15) is 5.01 Å². The first-order valence-electron chi connectivity index (χ1n) is 7.88. The molecular formula is C19H16N2O3S. The predicted molar refractivity (Wildman–Crippen MR) is 96.6 cm³/mol.